The SMILES string of the molecule is NNC(N)=Nc1ccc(F)cc1.O=[N+]([O-])O. The number of hydrogen-bond donors (Lipinski definition) is 4. The van der Waals surface area contributed by atoms with Crippen molar-refractivity contribution in [1.82, 2.24) is 5.43 Å². The van der Waals surface area contributed by atoms with Crippen LogP contribution in [0.2, 0.25) is 0 Å². The van der Waals surface area contributed by atoms with Crippen molar-refractivity contribution in [3.63, 3.8) is 0 Å². The van der Waals surface area contributed by atoms with Gasteiger partial charge in [0.1, 0.15) is 5.82 Å². The van der Waals surface area contributed by atoms with Gasteiger partial charge in [-0.1, -0.05) is 0 Å². The molecule has 0 amide bonds. The molecule has 0 aromatic heterocycles. The van der Waals surface area contributed by atoms with Gasteiger partial charge in [0, 0.05) is 0 Å². The van der Waals surface area contributed by atoms with Crippen LogP contribution in [0, 0.1) is 15.9 Å². The minimum absolute atomic E-state index is 0.0848. The van der Waals surface area contributed by atoms with Gasteiger partial charge in [-0.3, -0.25) is 5.43 Å². The number of rotatable bonds is 1. The summed E-state index contributed by atoms with van der Waals surface area (Å²) in [7, 11) is 0. The molecule has 6 N–H and O–H groups in total. The zero-order valence-corrected chi connectivity index (χ0v) is 8.00. The quantitative estimate of drug-likeness (QED) is 0.175. The fraction of sp³-hybridized carbons (Fsp3) is 0. The predicted octanol–water partition coefficient (Wildman–Crippen LogP) is -0.112. The second-order valence-corrected chi connectivity index (χ2v) is 2.36. The Morgan fingerprint density at radius 3 is 2.31 bits per heavy atom. The lowest BCUT2D eigenvalue weighted by molar-refractivity contribution is -0.742. The molecule has 88 valence electrons. The van der Waals surface area contributed by atoms with Gasteiger partial charge in [-0.25, -0.2) is 15.2 Å². The lowest BCUT2D eigenvalue weighted by Gasteiger charge is -1.97. The summed E-state index contributed by atoms with van der Waals surface area (Å²) in [6, 6.07) is 5.59. The lowest BCUT2D eigenvalue weighted by atomic mass is 10.3. The van der Waals surface area contributed by atoms with E-state index >= 15 is 0 Å². The number of benzene rings is 1. The Morgan fingerprint density at radius 2 is 1.94 bits per heavy atom. The Labute approximate surface area is 89.5 Å². The highest BCUT2D eigenvalue weighted by Gasteiger charge is 1.91. The van der Waals surface area contributed by atoms with Gasteiger partial charge >= 0.3 is 0 Å². The number of nitrogens with two attached hydrogens (primary N) is 2. The molecule has 0 bridgehead atoms. The van der Waals surface area contributed by atoms with Crippen molar-refractivity contribution in [2.24, 2.45) is 16.6 Å². The van der Waals surface area contributed by atoms with E-state index in [9.17, 15) is 4.39 Å². The van der Waals surface area contributed by atoms with Crippen LogP contribution in [-0.2, 0) is 0 Å². The third-order valence-corrected chi connectivity index (χ3v) is 1.22. The van der Waals surface area contributed by atoms with E-state index in [4.69, 9.17) is 26.9 Å². The number of nitrogens with one attached hydrogen (secondary N) is 1. The number of hydrazine groups is 1. The average molecular weight is 231 g/mol. The van der Waals surface area contributed by atoms with Gasteiger partial charge in [-0.2, -0.15) is 0 Å². The van der Waals surface area contributed by atoms with Crippen molar-refractivity contribution in [3.8, 4) is 0 Å². The van der Waals surface area contributed by atoms with E-state index in [0.29, 0.717) is 5.69 Å². The molecule has 0 spiro atoms. The van der Waals surface area contributed by atoms with E-state index in [1.807, 2.05) is 0 Å². The second-order valence-electron chi connectivity index (χ2n) is 2.36. The van der Waals surface area contributed by atoms with Gasteiger partial charge < -0.3 is 10.9 Å². The van der Waals surface area contributed by atoms with Crippen molar-refractivity contribution in [1.29, 1.82) is 0 Å². The third kappa shape index (κ3) is 7.03. The lowest BCUT2D eigenvalue weighted by Crippen LogP contribution is -2.36. The standard InChI is InChI=1S/C7H9FN4.HNO3/c8-5-1-3-6(4-2-5)11-7(9)12-10;2-1(3)4/h1-4H,10H2,(H3,9,11,12);(H,2,3,4). The first kappa shape index (κ1) is 13.6. The van der Waals surface area contributed by atoms with Gasteiger partial charge in [-0.15, -0.1) is 10.1 Å². The van der Waals surface area contributed by atoms with Crippen LogP contribution in [0.25, 0.3) is 0 Å². The van der Waals surface area contributed by atoms with E-state index in [0.717, 1.165) is 0 Å². The summed E-state index contributed by atoms with van der Waals surface area (Å²) in [5, 5.41) is 13.6. The van der Waals surface area contributed by atoms with E-state index in [1.165, 1.54) is 24.3 Å². The van der Waals surface area contributed by atoms with Crippen LogP contribution in [0.15, 0.2) is 29.3 Å². The van der Waals surface area contributed by atoms with E-state index < -0.39 is 5.09 Å². The minimum Gasteiger partial charge on any atom is -0.369 e. The highest BCUT2D eigenvalue weighted by molar-refractivity contribution is 5.80. The number of nitrogens with zero attached hydrogens (tertiary/aromatic N) is 2. The fourth-order valence-corrected chi connectivity index (χ4v) is 0.687. The molecule has 0 aliphatic rings. The summed E-state index contributed by atoms with van der Waals surface area (Å²) in [5.41, 5.74) is 7.97. The van der Waals surface area contributed by atoms with Crippen LogP contribution in [-0.4, -0.2) is 16.3 Å². The summed E-state index contributed by atoms with van der Waals surface area (Å²) in [6.45, 7) is 0. The molecular formula is C7H10FN5O3. The Bertz CT molecular complexity index is 363. The number of aliphatic imine (C=N–C) groups is 1. The van der Waals surface area contributed by atoms with Crippen molar-refractivity contribution >= 4 is 11.6 Å². The van der Waals surface area contributed by atoms with Crippen LogP contribution in [0.5, 0.6) is 0 Å². The van der Waals surface area contributed by atoms with Crippen LogP contribution >= 0.6 is 0 Å². The van der Waals surface area contributed by atoms with Gasteiger partial charge in [0.05, 0.1) is 5.69 Å². The average Bonchev–Trinajstić information content (AvgIpc) is 2.20. The maximum absolute atomic E-state index is 12.4. The Kier molecular flexibility index (Phi) is 5.90. The summed E-state index contributed by atoms with van der Waals surface area (Å²) in [4.78, 5) is 12.2. The smallest absolute Gasteiger partial charge is 0.291 e. The van der Waals surface area contributed by atoms with Gasteiger partial charge in [0.25, 0.3) is 5.09 Å². The van der Waals surface area contributed by atoms with Gasteiger partial charge in [0.2, 0.25) is 5.96 Å². The van der Waals surface area contributed by atoms with Gasteiger partial charge in [-0.05, 0) is 24.3 Å². The van der Waals surface area contributed by atoms with Gasteiger partial charge in [0.15, 0.2) is 0 Å². The minimum atomic E-state index is -1.50. The summed E-state index contributed by atoms with van der Waals surface area (Å²) >= 11 is 0. The van der Waals surface area contributed by atoms with Crippen LogP contribution in [0.1, 0.15) is 0 Å². The molecule has 0 aliphatic carbocycles. The molecule has 9 heteroatoms. The van der Waals surface area contributed by atoms with E-state index in [-0.39, 0.29) is 11.8 Å². The van der Waals surface area contributed by atoms with Crippen molar-refractivity contribution in [2.75, 3.05) is 0 Å². The molecule has 0 radical (unpaired) electrons. The normalized spacial score (nSPS) is 10.0. The van der Waals surface area contributed by atoms with Crippen molar-refractivity contribution < 1.29 is 14.7 Å². The maximum Gasteiger partial charge on any atom is 0.291 e. The molecule has 1 aromatic rings. The molecule has 0 heterocycles. The number of guanidine groups is 1. The van der Waals surface area contributed by atoms with Crippen LogP contribution in [0.3, 0.4) is 0 Å². The van der Waals surface area contributed by atoms with Crippen molar-refractivity contribution in [2.45, 2.75) is 0 Å². The Balaban J connectivity index is 0.000000487. The Hall–Kier alpha value is -2.42. The van der Waals surface area contributed by atoms with E-state index in [2.05, 4.69) is 10.4 Å². The first-order chi connectivity index (χ1) is 7.45. The fourth-order valence-electron chi connectivity index (χ4n) is 0.687. The Morgan fingerprint density at radius 1 is 1.50 bits per heavy atom. The zero-order chi connectivity index (χ0) is 12.6. The summed E-state index contributed by atoms with van der Waals surface area (Å²) in [6.07, 6.45) is 0. The first-order valence-electron chi connectivity index (χ1n) is 3.85. The highest BCUT2D eigenvalue weighted by Crippen LogP contribution is 2.11. The predicted molar refractivity (Wildman–Crippen MR) is 53.8 cm³/mol. The van der Waals surface area contributed by atoms with Crippen LogP contribution in [0.4, 0.5) is 10.1 Å². The molecule has 0 atom stereocenters. The molecular weight excluding hydrogens is 221 g/mol. The topological polar surface area (TPSA) is 140 Å². The van der Waals surface area contributed by atoms with Crippen LogP contribution < -0.4 is 17.0 Å². The summed E-state index contributed by atoms with van der Waals surface area (Å²) in [5.74, 6) is 4.74. The molecule has 0 saturated carbocycles. The number of hydrogen-bond acceptors (Lipinski definition) is 4. The largest absolute Gasteiger partial charge is 0.369 e. The molecule has 0 saturated heterocycles. The monoisotopic (exact) mass is 231 g/mol. The molecule has 0 aliphatic heterocycles. The molecule has 1 rings (SSSR count). The number of halogens is 1. The third-order valence-electron chi connectivity index (χ3n) is 1.22. The molecule has 16 heavy (non-hydrogen) atoms. The highest BCUT2D eigenvalue weighted by atomic mass is 19.1. The molecule has 8 nitrogen and oxygen atoms in total. The maximum atomic E-state index is 12.4. The molecule has 1 aromatic carbocycles. The molecule has 0 unspecified atom stereocenters. The summed E-state index contributed by atoms with van der Waals surface area (Å²) < 4.78 is 12.4. The van der Waals surface area contributed by atoms with Crippen molar-refractivity contribution in [3.05, 3.63) is 40.2 Å². The molecule has 0 fully saturated rings. The second kappa shape index (κ2) is 6.95. The zero-order valence-electron chi connectivity index (χ0n) is 8.00. The van der Waals surface area contributed by atoms with E-state index in [1.54, 1.807) is 0 Å². The first-order valence-corrected chi connectivity index (χ1v) is 3.85.